The van der Waals surface area contributed by atoms with Crippen LogP contribution in [-0.4, -0.2) is 24.5 Å². The second-order valence-electron chi connectivity index (χ2n) is 8.34. The fourth-order valence-corrected chi connectivity index (χ4v) is 3.50. The fourth-order valence-electron chi connectivity index (χ4n) is 2.95. The summed E-state index contributed by atoms with van der Waals surface area (Å²) in [6.07, 6.45) is 1.67. The summed E-state index contributed by atoms with van der Waals surface area (Å²) in [5.74, 6) is 1.53. The van der Waals surface area contributed by atoms with Crippen LogP contribution in [0.5, 0.6) is 11.5 Å². The minimum atomic E-state index is 0.122. The lowest BCUT2D eigenvalue weighted by Crippen LogP contribution is -2.23. The number of anilines is 1. The highest BCUT2D eigenvalue weighted by Gasteiger charge is 2.13. The minimum Gasteiger partial charge on any atom is -0.490 e. The summed E-state index contributed by atoms with van der Waals surface area (Å²) in [4.78, 5) is 0. The van der Waals surface area contributed by atoms with Crippen LogP contribution in [0.1, 0.15) is 31.9 Å². The number of para-hydroxylation sites is 1. The molecule has 7 heteroatoms. The molecule has 0 amide bonds. The molecule has 0 bridgehead atoms. The van der Waals surface area contributed by atoms with Crippen LogP contribution in [0.15, 0.2) is 82.4 Å². The monoisotopic (exact) mass is 525 g/mol. The molecule has 0 aliphatic carbocycles. The molecule has 2 N–H and O–H groups in total. The lowest BCUT2D eigenvalue weighted by Gasteiger charge is -2.19. The largest absolute Gasteiger partial charge is 0.490 e. The van der Waals surface area contributed by atoms with E-state index in [9.17, 15) is 0 Å². The van der Waals surface area contributed by atoms with E-state index in [4.69, 9.17) is 21.7 Å². The van der Waals surface area contributed by atoms with Crippen molar-refractivity contribution in [2.24, 2.45) is 5.10 Å². The van der Waals surface area contributed by atoms with Gasteiger partial charge in [-0.05, 0) is 65.7 Å². The van der Waals surface area contributed by atoms with Gasteiger partial charge in [-0.25, -0.2) is 0 Å². The highest BCUT2D eigenvalue weighted by Crippen LogP contribution is 2.25. The van der Waals surface area contributed by atoms with E-state index in [1.54, 1.807) is 6.21 Å². The summed E-state index contributed by atoms with van der Waals surface area (Å²) in [7, 11) is 0. The number of halogens is 1. The van der Waals surface area contributed by atoms with Crippen molar-refractivity contribution < 1.29 is 9.47 Å². The molecule has 0 saturated heterocycles. The van der Waals surface area contributed by atoms with Gasteiger partial charge in [0.05, 0.1) is 6.21 Å². The Balaban J connectivity index is 1.51. The summed E-state index contributed by atoms with van der Waals surface area (Å²) in [6, 6.07) is 23.6. The van der Waals surface area contributed by atoms with Crippen LogP contribution in [-0.2, 0) is 5.41 Å². The van der Waals surface area contributed by atoms with Crippen molar-refractivity contribution >= 4 is 45.2 Å². The zero-order valence-corrected chi connectivity index (χ0v) is 21.4. The third kappa shape index (κ3) is 8.18. The van der Waals surface area contributed by atoms with Gasteiger partial charge in [0.25, 0.3) is 0 Å². The molecule has 0 atom stereocenters. The van der Waals surface area contributed by atoms with Gasteiger partial charge in [-0.15, -0.1) is 0 Å². The molecule has 0 heterocycles. The number of hydrazone groups is 1. The Kier molecular flexibility index (Phi) is 8.86. The second-order valence-corrected chi connectivity index (χ2v) is 9.67. The Morgan fingerprint density at radius 1 is 0.970 bits per heavy atom. The first kappa shape index (κ1) is 24.7. The topological polar surface area (TPSA) is 54.9 Å². The van der Waals surface area contributed by atoms with Crippen molar-refractivity contribution in [3.05, 3.63) is 88.4 Å². The lowest BCUT2D eigenvalue weighted by molar-refractivity contribution is 0.217. The number of nitrogens with one attached hydrogen (secondary N) is 2. The summed E-state index contributed by atoms with van der Waals surface area (Å²) in [5.41, 5.74) is 5.93. The number of benzene rings is 3. The van der Waals surface area contributed by atoms with E-state index in [0.29, 0.717) is 24.1 Å². The third-order valence-electron chi connectivity index (χ3n) is 4.70. The molecule has 0 spiro atoms. The quantitative estimate of drug-likeness (QED) is 0.151. The maximum Gasteiger partial charge on any atom is 0.191 e. The molecule has 3 rings (SSSR count). The normalized spacial score (nSPS) is 11.3. The Bertz CT molecular complexity index is 1080. The molecule has 0 saturated carbocycles. The zero-order chi connectivity index (χ0) is 23.7. The number of rotatable bonds is 8. The number of nitrogens with zero attached hydrogens (tertiary/aromatic N) is 1. The molecule has 5 nitrogen and oxygen atoms in total. The van der Waals surface area contributed by atoms with Gasteiger partial charge in [0.2, 0.25) is 0 Å². The second kappa shape index (κ2) is 11.8. The van der Waals surface area contributed by atoms with Gasteiger partial charge in [0, 0.05) is 15.7 Å². The molecule has 0 radical (unpaired) electrons. The van der Waals surface area contributed by atoms with Crippen molar-refractivity contribution in [3.8, 4) is 11.5 Å². The SMILES string of the molecule is CC(C)(C)c1ccc(OCCOc2ccc(Br)cc2/C=N/NC(=S)Nc2ccccc2)cc1. The van der Waals surface area contributed by atoms with E-state index >= 15 is 0 Å². The van der Waals surface area contributed by atoms with E-state index in [1.165, 1.54) is 5.56 Å². The summed E-state index contributed by atoms with van der Waals surface area (Å²) in [6.45, 7) is 7.42. The fraction of sp³-hybridized carbons (Fsp3) is 0.231. The molecule has 172 valence electrons. The van der Waals surface area contributed by atoms with Gasteiger partial charge >= 0.3 is 0 Å². The average molecular weight is 527 g/mol. The molecule has 0 aliphatic heterocycles. The summed E-state index contributed by atoms with van der Waals surface area (Å²) < 4.78 is 12.7. The van der Waals surface area contributed by atoms with Gasteiger partial charge in [-0.3, -0.25) is 5.43 Å². The van der Waals surface area contributed by atoms with E-state index in [-0.39, 0.29) is 5.41 Å². The van der Waals surface area contributed by atoms with Crippen LogP contribution in [0.2, 0.25) is 0 Å². The van der Waals surface area contributed by atoms with E-state index in [1.807, 2.05) is 60.7 Å². The number of hydrogen-bond donors (Lipinski definition) is 2. The van der Waals surface area contributed by atoms with Crippen LogP contribution in [0.4, 0.5) is 5.69 Å². The van der Waals surface area contributed by atoms with Gasteiger partial charge in [-0.2, -0.15) is 5.10 Å². The highest BCUT2D eigenvalue weighted by molar-refractivity contribution is 9.10. The van der Waals surface area contributed by atoms with E-state index in [2.05, 4.69) is 64.7 Å². The van der Waals surface area contributed by atoms with E-state index in [0.717, 1.165) is 21.5 Å². The predicted molar refractivity (Wildman–Crippen MR) is 144 cm³/mol. The first-order valence-corrected chi connectivity index (χ1v) is 11.8. The number of hydrogen-bond acceptors (Lipinski definition) is 4. The average Bonchev–Trinajstić information content (AvgIpc) is 2.78. The maximum atomic E-state index is 5.93. The van der Waals surface area contributed by atoms with Crippen LogP contribution in [0.25, 0.3) is 0 Å². The zero-order valence-electron chi connectivity index (χ0n) is 19.0. The van der Waals surface area contributed by atoms with Crippen molar-refractivity contribution in [3.63, 3.8) is 0 Å². The van der Waals surface area contributed by atoms with Crippen LogP contribution in [0.3, 0.4) is 0 Å². The summed E-state index contributed by atoms with van der Waals surface area (Å²) >= 11 is 8.77. The Morgan fingerprint density at radius 2 is 1.67 bits per heavy atom. The number of thiocarbonyl (C=S) groups is 1. The van der Waals surface area contributed by atoms with Crippen molar-refractivity contribution in [1.82, 2.24) is 5.43 Å². The van der Waals surface area contributed by atoms with Crippen LogP contribution in [0, 0.1) is 0 Å². The van der Waals surface area contributed by atoms with Crippen LogP contribution >= 0.6 is 28.1 Å². The molecule has 33 heavy (non-hydrogen) atoms. The maximum absolute atomic E-state index is 5.93. The third-order valence-corrected chi connectivity index (χ3v) is 5.39. The Hall–Kier alpha value is -2.90. The highest BCUT2D eigenvalue weighted by atomic mass is 79.9. The van der Waals surface area contributed by atoms with Gasteiger partial charge < -0.3 is 14.8 Å². The minimum absolute atomic E-state index is 0.122. The Morgan fingerprint density at radius 3 is 2.36 bits per heavy atom. The van der Waals surface area contributed by atoms with Gasteiger partial charge in [0.15, 0.2) is 5.11 Å². The number of ether oxygens (including phenoxy) is 2. The molecule has 0 fully saturated rings. The van der Waals surface area contributed by atoms with Crippen molar-refractivity contribution in [2.45, 2.75) is 26.2 Å². The van der Waals surface area contributed by atoms with E-state index < -0.39 is 0 Å². The first-order valence-electron chi connectivity index (χ1n) is 10.6. The molecule has 3 aromatic rings. The smallest absolute Gasteiger partial charge is 0.191 e. The molecular weight excluding hydrogens is 498 g/mol. The first-order chi connectivity index (χ1) is 15.8. The molecule has 0 unspecified atom stereocenters. The van der Waals surface area contributed by atoms with Crippen molar-refractivity contribution in [1.29, 1.82) is 0 Å². The molecule has 0 aromatic heterocycles. The Labute approximate surface area is 209 Å². The molecule has 0 aliphatic rings. The molecule has 3 aromatic carbocycles. The predicted octanol–water partition coefficient (Wildman–Crippen LogP) is 6.52. The van der Waals surface area contributed by atoms with Crippen molar-refractivity contribution in [2.75, 3.05) is 18.5 Å². The van der Waals surface area contributed by atoms with Crippen LogP contribution < -0.4 is 20.2 Å². The standard InChI is InChI=1S/C26H28BrN3O2S/c1-26(2,3)20-9-12-23(13-10-20)31-15-16-32-24-14-11-21(27)17-19(24)18-28-30-25(33)29-22-7-5-4-6-8-22/h4-14,17-18H,15-16H2,1-3H3,(H2,29,30,33)/b28-18+. The lowest BCUT2D eigenvalue weighted by atomic mass is 9.87. The summed E-state index contributed by atoms with van der Waals surface area (Å²) in [5, 5.41) is 7.71. The van der Waals surface area contributed by atoms with Gasteiger partial charge in [0.1, 0.15) is 24.7 Å². The molecular formula is C26H28BrN3O2S. The van der Waals surface area contributed by atoms with Gasteiger partial charge in [-0.1, -0.05) is 67.0 Å².